The van der Waals surface area contributed by atoms with Gasteiger partial charge in [0, 0.05) is 10.7 Å². The molecule has 0 aliphatic heterocycles. The molecule has 0 saturated heterocycles. The number of fused-ring (bicyclic) bond motifs is 1. The van der Waals surface area contributed by atoms with Gasteiger partial charge in [-0.15, -0.1) is 11.6 Å². The van der Waals surface area contributed by atoms with Gasteiger partial charge in [0.05, 0.1) is 11.4 Å². The third kappa shape index (κ3) is 2.70. The van der Waals surface area contributed by atoms with E-state index >= 15 is 0 Å². The molecule has 5 heteroatoms. The molecular weight excluding hydrogens is 350 g/mol. The van der Waals surface area contributed by atoms with Crippen molar-refractivity contribution in [2.75, 3.05) is 0 Å². The largest absolute Gasteiger partial charge is 0.304 e. The van der Waals surface area contributed by atoms with Crippen LogP contribution >= 0.6 is 27.5 Å². The number of halogens is 2. The van der Waals surface area contributed by atoms with Crippen LogP contribution in [0.3, 0.4) is 0 Å². The quantitative estimate of drug-likeness (QED) is 0.605. The minimum atomic E-state index is -0.177. The van der Waals surface area contributed by atoms with Crippen LogP contribution in [0, 0.1) is 0 Å². The van der Waals surface area contributed by atoms with E-state index in [0.717, 1.165) is 21.5 Å². The van der Waals surface area contributed by atoms with Gasteiger partial charge in [-0.3, -0.25) is 0 Å². The molecule has 108 valence electrons. The average Bonchev–Trinajstić information content (AvgIpc) is 2.86. The van der Waals surface area contributed by atoms with Gasteiger partial charge in [-0.1, -0.05) is 30.3 Å². The van der Waals surface area contributed by atoms with Crippen LogP contribution in [0.4, 0.5) is 0 Å². The Morgan fingerprint density at radius 1 is 1.19 bits per heavy atom. The molecule has 2 unspecified atom stereocenters. The molecule has 3 aromatic rings. The number of rotatable bonds is 3. The SMILES string of the molecule is CC(Cl)c1nc2cc(Br)cnc2n1C(C)c1ccccc1. The molecule has 0 fully saturated rings. The first-order valence-corrected chi connectivity index (χ1v) is 8.03. The minimum absolute atomic E-state index is 0.126. The fourth-order valence-electron chi connectivity index (χ4n) is 2.52. The topological polar surface area (TPSA) is 30.7 Å². The standard InChI is InChI=1S/C16H15BrClN3/c1-10(18)15-20-14-8-13(17)9-19-16(14)21(15)11(2)12-6-4-3-5-7-12/h3-11H,1-2H3. The maximum atomic E-state index is 6.33. The molecule has 3 rings (SSSR count). The molecule has 21 heavy (non-hydrogen) atoms. The summed E-state index contributed by atoms with van der Waals surface area (Å²) in [7, 11) is 0. The zero-order valence-corrected chi connectivity index (χ0v) is 14.1. The van der Waals surface area contributed by atoms with Crippen LogP contribution in [0.1, 0.15) is 36.7 Å². The predicted octanol–water partition coefficient (Wildman–Crippen LogP) is 5.10. The Morgan fingerprint density at radius 2 is 1.90 bits per heavy atom. The Balaban J connectivity index is 2.22. The van der Waals surface area contributed by atoms with Gasteiger partial charge in [0.15, 0.2) is 5.65 Å². The highest BCUT2D eigenvalue weighted by molar-refractivity contribution is 9.10. The summed E-state index contributed by atoms with van der Waals surface area (Å²) in [5.74, 6) is 0.841. The van der Waals surface area contributed by atoms with Crippen LogP contribution in [0.15, 0.2) is 47.1 Å². The molecular formula is C16H15BrClN3. The van der Waals surface area contributed by atoms with Crippen LogP contribution in [-0.4, -0.2) is 14.5 Å². The number of nitrogens with zero attached hydrogens (tertiary/aromatic N) is 3. The molecule has 0 amide bonds. The van der Waals surface area contributed by atoms with Crippen LogP contribution in [0.2, 0.25) is 0 Å². The van der Waals surface area contributed by atoms with Crippen molar-refractivity contribution < 1.29 is 0 Å². The second-order valence-electron chi connectivity index (χ2n) is 5.04. The summed E-state index contributed by atoms with van der Waals surface area (Å²) in [5.41, 5.74) is 2.92. The monoisotopic (exact) mass is 363 g/mol. The van der Waals surface area contributed by atoms with Gasteiger partial charge in [0.2, 0.25) is 0 Å². The number of pyridine rings is 1. The first-order valence-electron chi connectivity index (χ1n) is 6.80. The van der Waals surface area contributed by atoms with Crippen molar-refractivity contribution in [2.24, 2.45) is 0 Å². The second kappa shape index (κ2) is 5.78. The number of aromatic nitrogens is 3. The van der Waals surface area contributed by atoms with E-state index in [2.05, 4.69) is 49.5 Å². The van der Waals surface area contributed by atoms with Gasteiger partial charge in [0.1, 0.15) is 11.3 Å². The smallest absolute Gasteiger partial charge is 0.160 e. The van der Waals surface area contributed by atoms with Crippen molar-refractivity contribution in [1.29, 1.82) is 0 Å². The molecule has 2 aromatic heterocycles. The third-order valence-electron chi connectivity index (χ3n) is 3.55. The van der Waals surface area contributed by atoms with E-state index < -0.39 is 0 Å². The second-order valence-corrected chi connectivity index (χ2v) is 6.61. The van der Waals surface area contributed by atoms with Crippen molar-refractivity contribution in [2.45, 2.75) is 25.3 Å². The molecule has 2 heterocycles. The molecule has 0 spiro atoms. The zero-order valence-electron chi connectivity index (χ0n) is 11.8. The predicted molar refractivity (Wildman–Crippen MR) is 89.8 cm³/mol. The Bertz CT molecular complexity index is 768. The molecule has 0 saturated carbocycles. The van der Waals surface area contributed by atoms with Gasteiger partial charge in [-0.05, 0) is 41.4 Å². The minimum Gasteiger partial charge on any atom is -0.304 e. The van der Waals surface area contributed by atoms with Crippen LogP contribution in [0.5, 0.6) is 0 Å². The summed E-state index contributed by atoms with van der Waals surface area (Å²) in [6, 6.07) is 12.4. The fraction of sp³-hybridized carbons (Fsp3) is 0.250. The van der Waals surface area contributed by atoms with Crippen molar-refractivity contribution >= 4 is 38.7 Å². The summed E-state index contributed by atoms with van der Waals surface area (Å²) >= 11 is 9.77. The van der Waals surface area contributed by atoms with E-state index in [1.54, 1.807) is 6.20 Å². The highest BCUT2D eigenvalue weighted by Crippen LogP contribution is 2.30. The third-order valence-corrected chi connectivity index (χ3v) is 4.18. The van der Waals surface area contributed by atoms with E-state index in [0.29, 0.717) is 0 Å². The Morgan fingerprint density at radius 3 is 2.57 bits per heavy atom. The molecule has 0 bridgehead atoms. The lowest BCUT2D eigenvalue weighted by Gasteiger charge is -2.18. The lowest BCUT2D eigenvalue weighted by atomic mass is 10.1. The molecule has 1 aromatic carbocycles. The van der Waals surface area contributed by atoms with Crippen molar-refractivity contribution in [3.63, 3.8) is 0 Å². The Kier molecular flexibility index (Phi) is 4.00. The van der Waals surface area contributed by atoms with E-state index in [9.17, 15) is 0 Å². The van der Waals surface area contributed by atoms with Crippen molar-refractivity contribution in [1.82, 2.24) is 14.5 Å². The van der Waals surface area contributed by atoms with Gasteiger partial charge < -0.3 is 4.57 Å². The first-order chi connectivity index (χ1) is 10.1. The highest BCUT2D eigenvalue weighted by Gasteiger charge is 2.21. The normalized spacial score (nSPS) is 14.3. The number of alkyl halides is 1. The molecule has 0 radical (unpaired) electrons. The average molecular weight is 365 g/mol. The first kappa shape index (κ1) is 14.5. The summed E-state index contributed by atoms with van der Waals surface area (Å²) in [5, 5.41) is -0.177. The molecule has 0 aliphatic rings. The van der Waals surface area contributed by atoms with Gasteiger partial charge in [0.25, 0.3) is 0 Å². The summed E-state index contributed by atoms with van der Waals surface area (Å²) in [4.78, 5) is 9.18. The number of benzene rings is 1. The van der Waals surface area contributed by atoms with Crippen LogP contribution in [0.25, 0.3) is 11.2 Å². The summed E-state index contributed by atoms with van der Waals surface area (Å²) in [6.45, 7) is 4.08. The maximum absolute atomic E-state index is 6.33. The van der Waals surface area contributed by atoms with Gasteiger partial charge in [-0.25, -0.2) is 9.97 Å². The number of hydrogen-bond acceptors (Lipinski definition) is 2. The van der Waals surface area contributed by atoms with E-state index in [4.69, 9.17) is 11.6 Å². The molecule has 2 atom stereocenters. The van der Waals surface area contributed by atoms with Crippen molar-refractivity contribution in [3.8, 4) is 0 Å². The van der Waals surface area contributed by atoms with Gasteiger partial charge >= 0.3 is 0 Å². The molecule has 0 N–H and O–H groups in total. The van der Waals surface area contributed by atoms with E-state index in [1.165, 1.54) is 5.56 Å². The lowest BCUT2D eigenvalue weighted by Crippen LogP contribution is -2.11. The Hall–Kier alpha value is -1.39. The van der Waals surface area contributed by atoms with Crippen LogP contribution in [-0.2, 0) is 0 Å². The van der Waals surface area contributed by atoms with E-state index in [1.807, 2.05) is 31.2 Å². The van der Waals surface area contributed by atoms with E-state index in [-0.39, 0.29) is 11.4 Å². The van der Waals surface area contributed by atoms with Crippen molar-refractivity contribution in [3.05, 3.63) is 58.5 Å². The molecule has 3 nitrogen and oxygen atoms in total. The Labute approximate surface area is 137 Å². The lowest BCUT2D eigenvalue weighted by molar-refractivity contribution is 0.614. The van der Waals surface area contributed by atoms with Crippen LogP contribution < -0.4 is 0 Å². The van der Waals surface area contributed by atoms with Gasteiger partial charge in [-0.2, -0.15) is 0 Å². The number of imidazole rings is 1. The summed E-state index contributed by atoms with van der Waals surface area (Å²) < 4.78 is 3.04. The summed E-state index contributed by atoms with van der Waals surface area (Å²) in [6.07, 6.45) is 1.79. The zero-order chi connectivity index (χ0) is 15.0. The maximum Gasteiger partial charge on any atom is 0.160 e. The number of hydrogen-bond donors (Lipinski definition) is 0. The molecule has 0 aliphatic carbocycles. The highest BCUT2D eigenvalue weighted by atomic mass is 79.9. The fourth-order valence-corrected chi connectivity index (χ4v) is 2.99.